The highest BCUT2D eigenvalue weighted by atomic mass is 15.2. The number of nitrogens with zero attached hydrogens (tertiary/aromatic N) is 1. The molecule has 3 unspecified atom stereocenters. The molecule has 2 heteroatoms. The minimum Gasteiger partial charge on any atom is -0.314 e. The van der Waals surface area contributed by atoms with Crippen LogP contribution in [0.2, 0.25) is 0 Å². The van der Waals surface area contributed by atoms with Crippen LogP contribution in [0.4, 0.5) is 0 Å². The van der Waals surface area contributed by atoms with Crippen LogP contribution in [0, 0.1) is 5.92 Å². The molecule has 1 aromatic rings. The topological polar surface area (TPSA) is 15.3 Å². The van der Waals surface area contributed by atoms with Crippen molar-refractivity contribution in [2.45, 2.75) is 51.1 Å². The molecule has 3 aliphatic rings. The van der Waals surface area contributed by atoms with Gasteiger partial charge in [-0.25, -0.2) is 0 Å². The van der Waals surface area contributed by atoms with Gasteiger partial charge in [0, 0.05) is 25.2 Å². The molecule has 3 aliphatic heterocycles. The van der Waals surface area contributed by atoms with Crippen molar-refractivity contribution in [2.75, 3.05) is 19.6 Å². The highest BCUT2D eigenvalue weighted by Gasteiger charge is 2.39. The minimum atomic E-state index is 0.677. The van der Waals surface area contributed by atoms with Gasteiger partial charge < -0.3 is 5.32 Å². The summed E-state index contributed by atoms with van der Waals surface area (Å²) >= 11 is 0. The maximum absolute atomic E-state index is 3.78. The maximum Gasteiger partial charge on any atom is 0.0366 e. The Morgan fingerprint density at radius 1 is 1.35 bits per heavy atom. The first-order valence-electron chi connectivity index (χ1n) is 8.44. The number of hydrogen-bond donors (Lipinski definition) is 1. The predicted octanol–water partition coefficient (Wildman–Crippen LogP) is 2.92. The van der Waals surface area contributed by atoms with Crippen LogP contribution in [-0.4, -0.2) is 30.6 Å². The average molecular weight is 270 g/mol. The number of piperidine rings is 2. The molecule has 20 heavy (non-hydrogen) atoms. The van der Waals surface area contributed by atoms with Crippen molar-refractivity contribution >= 4 is 0 Å². The fourth-order valence-electron chi connectivity index (χ4n) is 4.59. The van der Waals surface area contributed by atoms with Gasteiger partial charge >= 0.3 is 0 Å². The highest BCUT2D eigenvalue weighted by Crippen LogP contribution is 2.40. The van der Waals surface area contributed by atoms with Crippen LogP contribution >= 0.6 is 0 Å². The summed E-state index contributed by atoms with van der Waals surface area (Å²) in [7, 11) is 0. The molecule has 0 saturated carbocycles. The van der Waals surface area contributed by atoms with Crippen LogP contribution in [0.5, 0.6) is 0 Å². The Morgan fingerprint density at radius 2 is 2.30 bits per heavy atom. The van der Waals surface area contributed by atoms with Crippen molar-refractivity contribution in [3.05, 3.63) is 34.9 Å². The van der Waals surface area contributed by atoms with Gasteiger partial charge in [-0.2, -0.15) is 0 Å². The summed E-state index contributed by atoms with van der Waals surface area (Å²) < 4.78 is 0. The summed E-state index contributed by atoms with van der Waals surface area (Å²) in [5.74, 6) is 0.900. The van der Waals surface area contributed by atoms with E-state index in [-0.39, 0.29) is 0 Å². The normalized spacial score (nSPS) is 33.1. The second-order valence-corrected chi connectivity index (χ2v) is 6.85. The molecule has 4 rings (SSSR count). The largest absolute Gasteiger partial charge is 0.314 e. The Labute approximate surface area is 122 Å². The summed E-state index contributed by atoms with van der Waals surface area (Å²) in [6, 6.07) is 8.68. The van der Waals surface area contributed by atoms with Gasteiger partial charge in [0.1, 0.15) is 0 Å². The Kier molecular flexibility index (Phi) is 3.31. The van der Waals surface area contributed by atoms with Gasteiger partial charge in [0.15, 0.2) is 0 Å². The summed E-state index contributed by atoms with van der Waals surface area (Å²) in [5.41, 5.74) is 4.75. The van der Waals surface area contributed by atoms with E-state index < -0.39 is 0 Å². The molecule has 2 fully saturated rings. The summed E-state index contributed by atoms with van der Waals surface area (Å²) in [4.78, 5) is 2.77. The van der Waals surface area contributed by atoms with Gasteiger partial charge in [0.05, 0.1) is 0 Å². The van der Waals surface area contributed by atoms with E-state index in [9.17, 15) is 0 Å². The smallest absolute Gasteiger partial charge is 0.0366 e. The molecule has 1 aromatic carbocycles. The molecule has 0 spiro atoms. The zero-order valence-electron chi connectivity index (χ0n) is 12.6. The second-order valence-electron chi connectivity index (χ2n) is 6.85. The van der Waals surface area contributed by atoms with E-state index in [0.29, 0.717) is 6.04 Å². The van der Waals surface area contributed by atoms with Crippen molar-refractivity contribution in [3.8, 4) is 0 Å². The summed E-state index contributed by atoms with van der Waals surface area (Å²) in [6.45, 7) is 6.08. The molecule has 2 saturated heterocycles. The fraction of sp³-hybridized carbons (Fsp3) is 0.667. The number of hydrogen-bond acceptors (Lipinski definition) is 2. The fourth-order valence-corrected chi connectivity index (χ4v) is 4.59. The van der Waals surface area contributed by atoms with Crippen LogP contribution in [0.15, 0.2) is 18.2 Å². The van der Waals surface area contributed by atoms with E-state index in [4.69, 9.17) is 0 Å². The molecule has 0 aromatic heterocycles. The van der Waals surface area contributed by atoms with E-state index in [2.05, 4.69) is 35.3 Å². The molecule has 3 atom stereocenters. The summed E-state index contributed by atoms with van der Waals surface area (Å²) in [5, 5.41) is 3.78. The third kappa shape index (κ3) is 2.10. The van der Waals surface area contributed by atoms with Crippen molar-refractivity contribution in [3.63, 3.8) is 0 Å². The molecule has 0 radical (unpaired) electrons. The molecule has 0 amide bonds. The molecule has 108 valence electrons. The van der Waals surface area contributed by atoms with E-state index >= 15 is 0 Å². The van der Waals surface area contributed by atoms with E-state index in [0.717, 1.165) is 18.4 Å². The second kappa shape index (κ2) is 5.16. The number of benzene rings is 1. The Balaban J connectivity index is 1.63. The maximum atomic E-state index is 3.78. The number of nitrogens with one attached hydrogen (secondary N) is 1. The van der Waals surface area contributed by atoms with Gasteiger partial charge in [-0.3, -0.25) is 4.90 Å². The van der Waals surface area contributed by atoms with Crippen molar-refractivity contribution < 1.29 is 0 Å². The van der Waals surface area contributed by atoms with E-state index in [1.807, 2.05) is 0 Å². The predicted molar refractivity (Wildman–Crippen MR) is 83.0 cm³/mol. The van der Waals surface area contributed by atoms with Crippen molar-refractivity contribution in [1.29, 1.82) is 0 Å². The summed E-state index contributed by atoms with van der Waals surface area (Å²) in [6.07, 6.45) is 6.54. The SMILES string of the molecule is CCc1ccc2c(c1)CCN1CC3CCCNC3CC21. The third-order valence-electron chi connectivity index (χ3n) is 5.76. The molecule has 3 heterocycles. The molecule has 2 nitrogen and oxygen atoms in total. The van der Waals surface area contributed by atoms with Crippen LogP contribution < -0.4 is 5.32 Å². The number of fused-ring (bicyclic) bond motifs is 4. The molecule has 0 bridgehead atoms. The number of rotatable bonds is 1. The lowest BCUT2D eigenvalue weighted by Crippen LogP contribution is -2.54. The lowest BCUT2D eigenvalue weighted by Gasteiger charge is -2.49. The van der Waals surface area contributed by atoms with Gasteiger partial charge in [-0.05, 0) is 61.3 Å². The standard InChI is InChI=1S/C18H26N2/c1-2-13-5-6-16-14(10-13)7-9-20-12-15-4-3-8-19-17(15)11-18(16)20/h5-6,10,15,17-19H,2-4,7-9,11-12H2,1H3. The van der Waals surface area contributed by atoms with E-state index in [1.165, 1.54) is 50.9 Å². The van der Waals surface area contributed by atoms with Crippen LogP contribution in [0.3, 0.4) is 0 Å². The first kappa shape index (κ1) is 12.8. The third-order valence-corrected chi connectivity index (χ3v) is 5.76. The van der Waals surface area contributed by atoms with Crippen LogP contribution in [-0.2, 0) is 12.8 Å². The average Bonchev–Trinajstić information content (AvgIpc) is 2.52. The molecule has 1 N–H and O–H groups in total. The quantitative estimate of drug-likeness (QED) is 0.844. The zero-order chi connectivity index (χ0) is 13.5. The van der Waals surface area contributed by atoms with Crippen molar-refractivity contribution in [1.82, 2.24) is 10.2 Å². The van der Waals surface area contributed by atoms with Crippen molar-refractivity contribution in [2.24, 2.45) is 5.92 Å². The lowest BCUT2D eigenvalue weighted by molar-refractivity contribution is 0.0552. The Morgan fingerprint density at radius 3 is 3.20 bits per heavy atom. The van der Waals surface area contributed by atoms with Crippen LogP contribution in [0.25, 0.3) is 0 Å². The zero-order valence-corrected chi connectivity index (χ0v) is 12.6. The van der Waals surface area contributed by atoms with Gasteiger partial charge in [-0.15, -0.1) is 0 Å². The number of aryl methyl sites for hydroxylation is 1. The Bertz CT molecular complexity index is 496. The highest BCUT2D eigenvalue weighted by molar-refractivity contribution is 5.37. The van der Waals surface area contributed by atoms with Gasteiger partial charge in [0.25, 0.3) is 0 Å². The van der Waals surface area contributed by atoms with Gasteiger partial charge in [0.2, 0.25) is 0 Å². The molecular formula is C18H26N2. The first-order chi connectivity index (χ1) is 9.85. The van der Waals surface area contributed by atoms with Gasteiger partial charge in [-0.1, -0.05) is 25.1 Å². The van der Waals surface area contributed by atoms with Crippen LogP contribution in [0.1, 0.15) is 48.9 Å². The lowest BCUT2D eigenvalue weighted by atomic mass is 9.77. The Hall–Kier alpha value is -0.860. The molecule has 0 aliphatic carbocycles. The monoisotopic (exact) mass is 270 g/mol. The molecular weight excluding hydrogens is 244 g/mol. The van der Waals surface area contributed by atoms with E-state index in [1.54, 1.807) is 11.1 Å². The first-order valence-corrected chi connectivity index (χ1v) is 8.44. The minimum absolute atomic E-state index is 0.677.